The van der Waals surface area contributed by atoms with Crippen molar-refractivity contribution >= 4 is 5.78 Å². The number of hydrogen-bond donors (Lipinski definition) is 2. The van der Waals surface area contributed by atoms with Gasteiger partial charge in [-0.3, -0.25) is 4.79 Å². The first-order chi connectivity index (χ1) is 10.9. The maximum Gasteiger partial charge on any atom is 0.139 e. The molecule has 4 aliphatic rings. The Labute approximate surface area is 139 Å². The first kappa shape index (κ1) is 15.8. The molecule has 2 N–H and O–H groups in total. The molecule has 0 radical (unpaired) electrons. The molecule has 0 amide bonds. The molecule has 1 spiro atoms. The largest absolute Gasteiger partial charge is 0.396 e. The van der Waals surface area contributed by atoms with Gasteiger partial charge >= 0.3 is 0 Å². The Morgan fingerprint density at radius 3 is 2.61 bits per heavy atom. The van der Waals surface area contributed by atoms with Crippen LogP contribution in [0.4, 0.5) is 0 Å². The maximum atomic E-state index is 13.3. The van der Waals surface area contributed by atoms with Gasteiger partial charge in [-0.05, 0) is 61.7 Å². The second-order valence-electron chi connectivity index (χ2n) is 9.24. The lowest BCUT2D eigenvalue weighted by molar-refractivity contribution is -0.184. The average Bonchev–Trinajstić information content (AvgIpc) is 2.79. The number of fused-ring (bicyclic) bond motifs is 3. The van der Waals surface area contributed by atoms with Gasteiger partial charge in [0, 0.05) is 17.3 Å². The van der Waals surface area contributed by atoms with Gasteiger partial charge in [-0.25, -0.2) is 0 Å². The third kappa shape index (κ3) is 1.81. The molecule has 23 heavy (non-hydrogen) atoms. The lowest BCUT2D eigenvalue weighted by atomic mass is 9.40. The summed E-state index contributed by atoms with van der Waals surface area (Å²) in [4.78, 5) is 13.3. The van der Waals surface area contributed by atoms with Crippen LogP contribution in [0, 0.1) is 34.0 Å². The van der Waals surface area contributed by atoms with Crippen LogP contribution in [0.5, 0.6) is 0 Å². The number of aliphatic hydroxyl groups excluding tert-OH is 2. The highest BCUT2D eigenvalue weighted by Gasteiger charge is 2.67. The zero-order valence-electron chi connectivity index (χ0n) is 14.3. The lowest BCUT2D eigenvalue weighted by Crippen LogP contribution is -2.62. The third-order valence-corrected chi connectivity index (χ3v) is 8.50. The van der Waals surface area contributed by atoms with E-state index < -0.39 is 5.41 Å². The van der Waals surface area contributed by atoms with Crippen LogP contribution in [0.15, 0.2) is 12.2 Å². The van der Waals surface area contributed by atoms with Gasteiger partial charge in [0.05, 0.1) is 13.2 Å². The van der Waals surface area contributed by atoms with Crippen molar-refractivity contribution in [3.63, 3.8) is 0 Å². The fraction of sp³-hybridized carbons (Fsp3) is 0.850. The summed E-state index contributed by atoms with van der Waals surface area (Å²) in [6, 6.07) is 0. The molecule has 0 aliphatic heterocycles. The van der Waals surface area contributed by atoms with Crippen molar-refractivity contribution in [1.82, 2.24) is 0 Å². The molecule has 5 atom stereocenters. The van der Waals surface area contributed by atoms with Crippen LogP contribution >= 0.6 is 0 Å². The van der Waals surface area contributed by atoms with Gasteiger partial charge in [0.2, 0.25) is 0 Å². The number of hydrogen-bond acceptors (Lipinski definition) is 3. The highest BCUT2D eigenvalue weighted by atomic mass is 16.3. The average molecular weight is 318 g/mol. The molecule has 3 heteroatoms. The molecular formula is C20H30O3. The molecule has 0 aromatic rings. The number of Topliss-reactive ketones (excluding diaryl/α,β-unsaturated/α-hetero) is 1. The van der Waals surface area contributed by atoms with E-state index in [1.807, 2.05) is 0 Å². The summed E-state index contributed by atoms with van der Waals surface area (Å²) in [5.41, 5.74) is 0.748. The third-order valence-electron chi connectivity index (χ3n) is 8.50. The smallest absolute Gasteiger partial charge is 0.139 e. The molecule has 4 rings (SSSR count). The second-order valence-corrected chi connectivity index (χ2v) is 9.24. The van der Waals surface area contributed by atoms with Gasteiger partial charge in [0.15, 0.2) is 0 Å². The number of allylic oxidation sites excluding steroid dienone is 1. The van der Waals surface area contributed by atoms with Crippen molar-refractivity contribution in [2.24, 2.45) is 34.0 Å². The topological polar surface area (TPSA) is 57.5 Å². The molecule has 0 unspecified atom stereocenters. The molecule has 2 bridgehead atoms. The van der Waals surface area contributed by atoms with Crippen LogP contribution in [0.2, 0.25) is 0 Å². The Morgan fingerprint density at radius 1 is 1.17 bits per heavy atom. The van der Waals surface area contributed by atoms with Crippen LogP contribution in [-0.4, -0.2) is 29.2 Å². The summed E-state index contributed by atoms with van der Waals surface area (Å²) >= 11 is 0. The molecule has 0 aromatic heterocycles. The molecule has 3 nitrogen and oxygen atoms in total. The van der Waals surface area contributed by atoms with Crippen LogP contribution in [-0.2, 0) is 4.79 Å². The lowest BCUT2D eigenvalue weighted by Gasteiger charge is -2.63. The van der Waals surface area contributed by atoms with Gasteiger partial charge in [-0.15, -0.1) is 0 Å². The monoisotopic (exact) mass is 318 g/mol. The predicted octanol–water partition coefficient (Wildman–Crippen LogP) is 3.10. The number of ketones is 1. The number of carbonyl (C=O) groups excluding carboxylic acids is 1. The summed E-state index contributed by atoms with van der Waals surface area (Å²) in [5.74, 6) is 1.50. The molecule has 4 fully saturated rings. The Hall–Kier alpha value is -0.670. The van der Waals surface area contributed by atoms with Gasteiger partial charge in [-0.1, -0.05) is 25.5 Å². The van der Waals surface area contributed by atoms with E-state index in [0.29, 0.717) is 24.0 Å². The van der Waals surface area contributed by atoms with E-state index in [0.717, 1.165) is 38.5 Å². The van der Waals surface area contributed by atoms with Crippen LogP contribution < -0.4 is 0 Å². The highest BCUT2D eigenvalue weighted by molar-refractivity contribution is 5.88. The van der Waals surface area contributed by atoms with Crippen molar-refractivity contribution in [2.45, 2.75) is 58.3 Å². The molecule has 0 aromatic carbocycles. The van der Waals surface area contributed by atoms with Crippen molar-refractivity contribution in [3.8, 4) is 0 Å². The van der Waals surface area contributed by atoms with E-state index in [1.54, 1.807) is 0 Å². The van der Waals surface area contributed by atoms with E-state index in [9.17, 15) is 15.0 Å². The molecule has 0 saturated heterocycles. The summed E-state index contributed by atoms with van der Waals surface area (Å²) in [7, 11) is 0. The van der Waals surface area contributed by atoms with Gasteiger partial charge in [0.25, 0.3) is 0 Å². The van der Waals surface area contributed by atoms with Crippen LogP contribution in [0.1, 0.15) is 58.3 Å². The Kier molecular flexibility index (Phi) is 3.39. The summed E-state index contributed by atoms with van der Waals surface area (Å²) in [5, 5.41) is 20.1. The summed E-state index contributed by atoms with van der Waals surface area (Å²) in [6.07, 6.45) is 7.80. The first-order valence-corrected chi connectivity index (χ1v) is 9.34. The van der Waals surface area contributed by atoms with E-state index >= 15 is 0 Å². The molecule has 0 heterocycles. The predicted molar refractivity (Wildman–Crippen MR) is 88.7 cm³/mol. The fourth-order valence-corrected chi connectivity index (χ4v) is 7.34. The zero-order valence-corrected chi connectivity index (χ0v) is 14.3. The molecule has 4 aliphatic carbocycles. The number of rotatable bonds is 2. The standard InChI is InChI=1S/C20H30O3/c1-13-9-20-10-14(13)4-5-15(20)18(2)6-3-7-19(11-21,12-22)16(18)8-17(20)23/h14-16,21-22H,1,3-12H2,2H3/t14-,15+,16+,18+,20+/m1/s1. The van der Waals surface area contributed by atoms with E-state index in [-0.39, 0.29) is 30.0 Å². The number of carbonyl (C=O) groups is 1. The van der Waals surface area contributed by atoms with Crippen LogP contribution in [0.25, 0.3) is 0 Å². The SMILES string of the molecule is C=C1C[C@]23C[C@H]1CC[C@H]2[C@]1(C)CCCC(CO)(CO)[C@H]1CC3=O. The minimum absolute atomic E-state index is 0.00604. The van der Waals surface area contributed by atoms with E-state index in [4.69, 9.17) is 0 Å². The van der Waals surface area contributed by atoms with Crippen molar-refractivity contribution < 1.29 is 15.0 Å². The van der Waals surface area contributed by atoms with Gasteiger partial charge < -0.3 is 10.2 Å². The quantitative estimate of drug-likeness (QED) is 0.769. The van der Waals surface area contributed by atoms with Crippen LogP contribution in [0.3, 0.4) is 0 Å². The maximum absolute atomic E-state index is 13.3. The van der Waals surface area contributed by atoms with Gasteiger partial charge in [0.1, 0.15) is 5.78 Å². The Morgan fingerprint density at radius 2 is 1.91 bits per heavy atom. The van der Waals surface area contributed by atoms with E-state index in [1.165, 1.54) is 12.0 Å². The highest BCUT2D eigenvalue weighted by Crippen LogP contribution is 2.70. The number of aliphatic hydroxyl groups is 2. The first-order valence-electron chi connectivity index (χ1n) is 9.34. The minimum Gasteiger partial charge on any atom is -0.396 e. The zero-order chi connectivity index (χ0) is 16.5. The fourth-order valence-electron chi connectivity index (χ4n) is 7.34. The molecule has 128 valence electrons. The molecular weight excluding hydrogens is 288 g/mol. The van der Waals surface area contributed by atoms with E-state index in [2.05, 4.69) is 13.5 Å². The Balaban J connectivity index is 1.79. The molecule has 4 saturated carbocycles. The second kappa shape index (κ2) is 4.92. The summed E-state index contributed by atoms with van der Waals surface area (Å²) in [6.45, 7) is 6.64. The Bertz CT molecular complexity index is 549. The van der Waals surface area contributed by atoms with Crippen molar-refractivity contribution in [1.29, 1.82) is 0 Å². The minimum atomic E-state index is -0.462. The summed E-state index contributed by atoms with van der Waals surface area (Å²) < 4.78 is 0. The van der Waals surface area contributed by atoms with Crippen molar-refractivity contribution in [3.05, 3.63) is 12.2 Å². The van der Waals surface area contributed by atoms with Gasteiger partial charge in [-0.2, -0.15) is 0 Å². The normalized spacial score (nSPS) is 48.0. The van der Waals surface area contributed by atoms with Crippen molar-refractivity contribution in [2.75, 3.05) is 13.2 Å².